The number of ether oxygens (including phenoxy) is 1. The molecule has 1 saturated carbocycles. The largest absolute Gasteiger partial charge is 0.480 e. The summed E-state index contributed by atoms with van der Waals surface area (Å²) >= 11 is 6.65. The van der Waals surface area contributed by atoms with Gasteiger partial charge in [-0.3, -0.25) is 29.3 Å². The van der Waals surface area contributed by atoms with E-state index in [9.17, 15) is 14.4 Å². The number of alkyl halides is 2. The lowest BCUT2D eigenvalue weighted by molar-refractivity contribution is -0.134. The fourth-order valence-electron chi connectivity index (χ4n) is 9.96. The van der Waals surface area contributed by atoms with Crippen LogP contribution in [0.1, 0.15) is 57.1 Å². The molecule has 4 fully saturated rings. The number of halogens is 3. The second-order valence-electron chi connectivity index (χ2n) is 17.7. The molecule has 7 heterocycles. The zero-order valence-corrected chi connectivity index (χ0v) is 35.7. The van der Waals surface area contributed by atoms with Crippen LogP contribution in [0.25, 0.3) is 21.8 Å². The first-order valence-electron chi connectivity index (χ1n) is 21.6. The van der Waals surface area contributed by atoms with Gasteiger partial charge in [-0.2, -0.15) is 10.1 Å². The average molecular weight is 870 g/mol. The first-order chi connectivity index (χ1) is 29.8. The Morgan fingerprint density at radius 1 is 0.984 bits per heavy atom. The van der Waals surface area contributed by atoms with Crippen molar-refractivity contribution >= 4 is 74.0 Å². The number of nitrogens with one attached hydrogen (secondary N) is 3. The molecular formula is C44H50ClF2N11O4. The predicted molar refractivity (Wildman–Crippen MR) is 234 cm³/mol. The van der Waals surface area contributed by atoms with Crippen molar-refractivity contribution in [3.8, 4) is 5.75 Å². The molecule has 0 bridgehead atoms. The van der Waals surface area contributed by atoms with E-state index >= 15 is 8.78 Å². The van der Waals surface area contributed by atoms with Crippen LogP contribution < -0.4 is 36.0 Å². The molecule has 4 aliphatic heterocycles. The number of fused-ring (bicyclic) bond motifs is 4. The van der Waals surface area contributed by atoms with Gasteiger partial charge < -0.3 is 29.7 Å². The number of piperidine rings is 2. The highest BCUT2D eigenvalue weighted by atomic mass is 35.5. The Kier molecular flexibility index (Phi) is 10.2. The SMILES string of the molecule is CC1CN(c2cccc3c(C4CCC(=O)NC4=O)nn(C)c23)CCN1CC1CCN(c2ncc(Cl)c(Nc3ccc4c(c3)c3c(c(=O)n4C)OCC(F)(F)C(C4CC4)N3)n2)CC1. The van der Waals surface area contributed by atoms with Crippen LogP contribution in [-0.2, 0) is 23.7 Å². The second kappa shape index (κ2) is 15.7. The van der Waals surface area contributed by atoms with E-state index in [1.807, 2.05) is 29.9 Å². The molecule has 3 atom stereocenters. The number of rotatable bonds is 8. The summed E-state index contributed by atoms with van der Waals surface area (Å²) in [5, 5.41) is 15.5. The van der Waals surface area contributed by atoms with Crippen molar-refractivity contribution in [3.63, 3.8) is 0 Å². The fourth-order valence-corrected chi connectivity index (χ4v) is 10.1. The lowest BCUT2D eigenvalue weighted by Gasteiger charge is -2.43. The van der Waals surface area contributed by atoms with Gasteiger partial charge >= 0.3 is 5.92 Å². The normalized spacial score (nSPS) is 23.5. The first kappa shape index (κ1) is 40.5. The summed E-state index contributed by atoms with van der Waals surface area (Å²) in [6.45, 7) is 6.69. The maximum absolute atomic E-state index is 15.2. The molecular weight excluding hydrogens is 820 g/mol. The van der Waals surface area contributed by atoms with Crippen molar-refractivity contribution in [3.05, 3.63) is 63.7 Å². The van der Waals surface area contributed by atoms with Crippen molar-refractivity contribution in [2.45, 2.75) is 69.4 Å². The summed E-state index contributed by atoms with van der Waals surface area (Å²) < 4.78 is 39.2. The van der Waals surface area contributed by atoms with Gasteiger partial charge in [0.15, 0.2) is 12.4 Å². The van der Waals surface area contributed by atoms with Crippen LogP contribution in [0.2, 0.25) is 5.02 Å². The van der Waals surface area contributed by atoms with Crippen LogP contribution in [0.3, 0.4) is 0 Å². The fraction of sp³-hybridized carbons (Fsp3) is 0.500. The van der Waals surface area contributed by atoms with Crippen LogP contribution in [0.5, 0.6) is 5.75 Å². The molecule has 3 saturated heterocycles. The Labute approximate surface area is 361 Å². The smallest absolute Gasteiger partial charge is 0.301 e. The quantitative estimate of drug-likeness (QED) is 0.162. The zero-order chi connectivity index (χ0) is 43.0. The molecule has 1 aliphatic carbocycles. The molecule has 15 nitrogen and oxygen atoms in total. The molecule has 0 spiro atoms. The summed E-state index contributed by atoms with van der Waals surface area (Å²) in [6, 6.07) is 10.8. The Morgan fingerprint density at radius 2 is 1.79 bits per heavy atom. The maximum Gasteiger partial charge on any atom is 0.301 e. The van der Waals surface area contributed by atoms with Crippen LogP contribution in [0, 0.1) is 11.8 Å². The van der Waals surface area contributed by atoms with Crippen molar-refractivity contribution in [1.29, 1.82) is 0 Å². The predicted octanol–water partition coefficient (Wildman–Crippen LogP) is 5.78. The molecule has 3 aromatic heterocycles. The van der Waals surface area contributed by atoms with E-state index < -0.39 is 30.0 Å². The van der Waals surface area contributed by atoms with E-state index in [4.69, 9.17) is 26.4 Å². The second-order valence-corrected chi connectivity index (χ2v) is 18.1. The molecule has 62 heavy (non-hydrogen) atoms. The Bertz CT molecular complexity index is 2660. The van der Waals surface area contributed by atoms with Crippen molar-refractivity contribution < 1.29 is 23.1 Å². The van der Waals surface area contributed by atoms with E-state index in [1.54, 1.807) is 25.4 Å². The minimum atomic E-state index is -3.13. The number of amides is 2. The molecule has 3 unspecified atom stereocenters. The number of pyridine rings is 1. The molecule has 326 valence electrons. The number of aryl methyl sites for hydroxylation is 2. The molecule has 5 aliphatic rings. The summed E-state index contributed by atoms with van der Waals surface area (Å²) in [4.78, 5) is 54.5. The minimum Gasteiger partial charge on any atom is -0.480 e. The van der Waals surface area contributed by atoms with E-state index in [2.05, 4.69) is 48.6 Å². The van der Waals surface area contributed by atoms with E-state index in [0.717, 1.165) is 74.4 Å². The third kappa shape index (κ3) is 7.35. The average Bonchev–Trinajstić information content (AvgIpc) is 4.06. The summed E-state index contributed by atoms with van der Waals surface area (Å²) in [5.74, 6) is -2.87. The number of hydrogen-bond acceptors (Lipinski definition) is 12. The van der Waals surface area contributed by atoms with Crippen molar-refractivity contribution in [1.82, 2.24) is 34.5 Å². The number of nitrogens with zero attached hydrogens (tertiary/aromatic N) is 8. The number of aromatic nitrogens is 5. The van der Waals surface area contributed by atoms with Gasteiger partial charge in [-0.1, -0.05) is 23.7 Å². The third-order valence-electron chi connectivity index (χ3n) is 13.5. The minimum absolute atomic E-state index is 0.107. The molecule has 0 radical (unpaired) electrons. The summed E-state index contributed by atoms with van der Waals surface area (Å²) in [7, 11) is 3.53. The maximum atomic E-state index is 15.2. The van der Waals surface area contributed by atoms with Crippen LogP contribution in [0.15, 0.2) is 47.4 Å². The molecule has 18 heteroatoms. The molecule has 10 rings (SSSR count). The Morgan fingerprint density at radius 3 is 2.55 bits per heavy atom. The number of anilines is 5. The zero-order valence-electron chi connectivity index (χ0n) is 35.0. The molecule has 3 N–H and O–H groups in total. The number of hydrogen-bond donors (Lipinski definition) is 3. The number of benzene rings is 2. The van der Waals surface area contributed by atoms with Gasteiger partial charge in [-0.25, -0.2) is 13.8 Å². The van der Waals surface area contributed by atoms with Gasteiger partial charge in [0.2, 0.25) is 23.5 Å². The van der Waals surface area contributed by atoms with Gasteiger partial charge in [-0.15, -0.1) is 0 Å². The van der Waals surface area contributed by atoms with Crippen molar-refractivity contribution in [2.24, 2.45) is 25.9 Å². The van der Waals surface area contributed by atoms with Gasteiger partial charge in [0.25, 0.3) is 5.56 Å². The Balaban J connectivity index is 0.788. The van der Waals surface area contributed by atoms with Crippen LogP contribution in [-0.4, -0.2) is 105 Å². The monoisotopic (exact) mass is 869 g/mol. The van der Waals surface area contributed by atoms with E-state index in [1.165, 1.54) is 4.57 Å². The van der Waals surface area contributed by atoms with E-state index in [-0.39, 0.29) is 29.2 Å². The van der Waals surface area contributed by atoms with Crippen LogP contribution >= 0.6 is 11.6 Å². The summed E-state index contributed by atoms with van der Waals surface area (Å²) in [6.07, 6.45) is 5.75. The number of carbonyl (C=O) groups is 2. The van der Waals surface area contributed by atoms with Crippen molar-refractivity contribution in [2.75, 3.05) is 66.3 Å². The molecule has 2 amide bonds. The number of para-hydroxylation sites is 1. The Hall–Kier alpha value is -5.55. The highest BCUT2D eigenvalue weighted by Crippen LogP contribution is 2.46. The van der Waals surface area contributed by atoms with Crippen LogP contribution in [0.4, 0.5) is 37.6 Å². The van der Waals surface area contributed by atoms with Gasteiger partial charge in [0, 0.05) is 82.3 Å². The first-order valence-corrected chi connectivity index (χ1v) is 22.0. The lowest BCUT2D eigenvalue weighted by Crippen LogP contribution is -2.54. The third-order valence-corrected chi connectivity index (χ3v) is 13.8. The standard InChI is InChI=1S/C44H50ClF2N11O4/c1-24-21-58(33-6-4-5-28-35(53-55(3)37(28)33)29-10-12-34(59)50-41(29)60)18-17-57(24)22-25-13-15-56(16-14-25)43-48-20-31(45)40(52-43)49-27-9-11-32-30(19-27)36-38(42(61)54(32)2)62-23-44(46,47)39(51-36)26-7-8-26/h4-6,9,11,19-20,24-26,29,39,51H,7-8,10,12-18,21-23H2,1-3H3,(H,48,49,52)(H,50,59,60). The van der Waals surface area contributed by atoms with E-state index in [0.29, 0.717) is 71.0 Å². The molecule has 5 aromatic rings. The summed E-state index contributed by atoms with van der Waals surface area (Å²) in [5.41, 5.74) is 3.84. The highest BCUT2D eigenvalue weighted by Gasteiger charge is 2.51. The highest BCUT2D eigenvalue weighted by molar-refractivity contribution is 6.33. The van der Waals surface area contributed by atoms with Gasteiger partial charge in [-0.05, 0) is 75.1 Å². The lowest BCUT2D eigenvalue weighted by atomic mass is 9.92. The number of carbonyl (C=O) groups excluding carboxylic acids is 2. The van der Waals surface area contributed by atoms with Gasteiger partial charge in [0.05, 0.1) is 46.3 Å². The topological polar surface area (TPSA) is 155 Å². The number of imide groups is 1. The number of piperazine rings is 1. The molecule has 2 aromatic carbocycles. The van der Waals surface area contributed by atoms with Gasteiger partial charge in [0.1, 0.15) is 5.02 Å².